The van der Waals surface area contributed by atoms with Gasteiger partial charge in [0, 0.05) is 12.3 Å². The zero-order valence-electron chi connectivity index (χ0n) is 21.1. The number of nitrogens with zero attached hydrogens (tertiary/aromatic N) is 2. The number of rotatable bonds is 11. The Bertz CT molecular complexity index is 892. The van der Waals surface area contributed by atoms with Crippen LogP contribution in [0.5, 0.6) is 0 Å². The average molecular weight is 491 g/mol. The van der Waals surface area contributed by atoms with E-state index in [9.17, 15) is 19.6 Å². The second kappa shape index (κ2) is 13.9. The van der Waals surface area contributed by atoms with E-state index < -0.39 is 29.7 Å². The number of aryl methyl sites for hydroxylation is 1. The summed E-state index contributed by atoms with van der Waals surface area (Å²) >= 11 is 4.23. The van der Waals surface area contributed by atoms with Crippen molar-refractivity contribution in [1.82, 2.24) is 15.5 Å². The Morgan fingerprint density at radius 2 is 1.88 bits per heavy atom. The van der Waals surface area contributed by atoms with Crippen molar-refractivity contribution in [2.45, 2.75) is 78.5 Å². The molecule has 3 amide bonds. The number of alkyl carbamates (subject to hydrolysis) is 1. The van der Waals surface area contributed by atoms with E-state index >= 15 is 0 Å². The third-order valence-electron chi connectivity index (χ3n) is 5.28. The normalized spacial score (nSPS) is 12.8. The van der Waals surface area contributed by atoms with Crippen molar-refractivity contribution in [3.8, 4) is 6.07 Å². The molecule has 1 aromatic carbocycles. The number of nitriles is 1. The molecule has 9 heteroatoms. The molecule has 0 spiro atoms. The summed E-state index contributed by atoms with van der Waals surface area (Å²) in [7, 11) is 0. The van der Waals surface area contributed by atoms with Crippen molar-refractivity contribution >= 4 is 30.5 Å². The number of thiol groups is 1. The third-order valence-corrected chi connectivity index (χ3v) is 5.64. The number of carbonyl (C=O) groups is 3. The summed E-state index contributed by atoms with van der Waals surface area (Å²) in [6.45, 7) is 11.2. The van der Waals surface area contributed by atoms with Crippen LogP contribution in [-0.2, 0) is 14.3 Å². The van der Waals surface area contributed by atoms with Gasteiger partial charge in [0.2, 0.25) is 11.8 Å². The van der Waals surface area contributed by atoms with Crippen LogP contribution in [0.3, 0.4) is 0 Å². The molecule has 1 rings (SSSR count). The molecule has 1 aromatic rings. The molecule has 2 unspecified atom stereocenters. The molecule has 0 aliphatic carbocycles. The Morgan fingerprint density at radius 3 is 2.44 bits per heavy atom. The minimum atomic E-state index is -1.08. The molecule has 34 heavy (non-hydrogen) atoms. The standard InChI is InChI=1S/C25H38N4O4S/c1-7-8-9-14-27-22(30)21(19-12-10-11-17(2)18(19)3)29(15-13-26)23(31)20(16-34)28-24(32)33-25(4,5)6/h10-12,20-21,34H,7-9,14-16H2,1-6H3,(H,27,30)(H,28,32). The monoisotopic (exact) mass is 490 g/mol. The highest BCUT2D eigenvalue weighted by Gasteiger charge is 2.36. The van der Waals surface area contributed by atoms with Crippen LogP contribution in [0.25, 0.3) is 0 Å². The average Bonchev–Trinajstić information content (AvgIpc) is 2.75. The fourth-order valence-electron chi connectivity index (χ4n) is 3.41. The van der Waals surface area contributed by atoms with Crippen molar-refractivity contribution in [2.24, 2.45) is 0 Å². The smallest absolute Gasteiger partial charge is 0.408 e. The molecule has 0 saturated carbocycles. The molecule has 0 heterocycles. The van der Waals surface area contributed by atoms with Crippen LogP contribution in [-0.4, -0.2) is 53.3 Å². The highest BCUT2D eigenvalue weighted by molar-refractivity contribution is 7.80. The predicted octanol–water partition coefficient (Wildman–Crippen LogP) is 3.83. The highest BCUT2D eigenvalue weighted by Crippen LogP contribution is 2.27. The van der Waals surface area contributed by atoms with Crippen molar-refractivity contribution in [1.29, 1.82) is 5.26 Å². The minimum absolute atomic E-state index is 0.0301. The number of benzene rings is 1. The van der Waals surface area contributed by atoms with Crippen LogP contribution >= 0.6 is 12.6 Å². The first-order valence-corrected chi connectivity index (χ1v) is 12.2. The topological polar surface area (TPSA) is 112 Å². The van der Waals surface area contributed by atoms with Gasteiger partial charge >= 0.3 is 6.09 Å². The van der Waals surface area contributed by atoms with E-state index in [0.29, 0.717) is 12.1 Å². The van der Waals surface area contributed by atoms with Gasteiger partial charge in [-0.3, -0.25) is 9.59 Å². The molecule has 0 fully saturated rings. The van der Waals surface area contributed by atoms with Gasteiger partial charge in [0.05, 0.1) is 6.07 Å². The Kier molecular flexibility index (Phi) is 11.9. The molecule has 0 aliphatic rings. The molecule has 2 N–H and O–H groups in total. The molecule has 8 nitrogen and oxygen atoms in total. The maximum Gasteiger partial charge on any atom is 0.408 e. The molecule has 0 saturated heterocycles. The lowest BCUT2D eigenvalue weighted by molar-refractivity contribution is -0.141. The largest absolute Gasteiger partial charge is 0.444 e. The molecule has 2 atom stereocenters. The Morgan fingerprint density at radius 1 is 1.21 bits per heavy atom. The Hall–Kier alpha value is -2.73. The van der Waals surface area contributed by atoms with Crippen LogP contribution in [0.4, 0.5) is 4.79 Å². The van der Waals surface area contributed by atoms with E-state index in [-0.39, 0.29) is 18.2 Å². The first-order chi connectivity index (χ1) is 16.0. The lowest BCUT2D eigenvalue weighted by Crippen LogP contribution is -2.54. The fraction of sp³-hybridized carbons (Fsp3) is 0.600. The molecule has 0 bridgehead atoms. The van der Waals surface area contributed by atoms with Crippen LogP contribution < -0.4 is 10.6 Å². The zero-order chi connectivity index (χ0) is 25.9. The lowest BCUT2D eigenvalue weighted by Gasteiger charge is -2.33. The highest BCUT2D eigenvalue weighted by atomic mass is 32.1. The SMILES string of the molecule is CCCCCNC(=O)C(c1cccc(C)c1C)N(CC#N)C(=O)C(CS)NC(=O)OC(C)(C)C. The lowest BCUT2D eigenvalue weighted by atomic mass is 9.95. The fourth-order valence-corrected chi connectivity index (χ4v) is 3.66. The maximum atomic E-state index is 13.5. The summed E-state index contributed by atoms with van der Waals surface area (Å²) in [6.07, 6.45) is 2.02. The molecule has 188 valence electrons. The van der Waals surface area contributed by atoms with Gasteiger partial charge < -0.3 is 20.3 Å². The van der Waals surface area contributed by atoms with Gasteiger partial charge in [0.25, 0.3) is 0 Å². The first kappa shape index (κ1) is 29.3. The quantitative estimate of drug-likeness (QED) is 0.248. The van der Waals surface area contributed by atoms with Gasteiger partial charge in [0.1, 0.15) is 24.2 Å². The second-order valence-electron chi connectivity index (χ2n) is 9.20. The summed E-state index contributed by atoms with van der Waals surface area (Å²) in [5.41, 5.74) is 1.70. The van der Waals surface area contributed by atoms with Gasteiger partial charge in [-0.25, -0.2) is 4.79 Å². The van der Waals surface area contributed by atoms with E-state index in [2.05, 4.69) is 30.2 Å². The molecule has 0 aromatic heterocycles. The van der Waals surface area contributed by atoms with Crippen LogP contribution in [0.15, 0.2) is 18.2 Å². The van der Waals surface area contributed by atoms with Crippen molar-refractivity contribution < 1.29 is 19.1 Å². The molecular weight excluding hydrogens is 452 g/mol. The van der Waals surface area contributed by atoms with Gasteiger partial charge in [-0.1, -0.05) is 38.0 Å². The Labute approximate surface area is 208 Å². The summed E-state index contributed by atoms with van der Waals surface area (Å²) in [4.78, 5) is 40.4. The van der Waals surface area contributed by atoms with Gasteiger partial charge in [-0.15, -0.1) is 0 Å². The maximum absolute atomic E-state index is 13.5. The summed E-state index contributed by atoms with van der Waals surface area (Å²) < 4.78 is 5.26. The molecule has 0 radical (unpaired) electrons. The summed E-state index contributed by atoms with van der Waals surface area (Å²) in [5.74, 6) is -0.988. The van der Waals surface area contributed by atoms with E-state index in [1.54, 1.807) is 26.8 Å². The van der Waals surface area contributed by atoms with Gasteiger partial charge in [-0.05, 0) is 57.7 Å². The number of hydrogen-bond donors (Lipinski definition) is 3. The van der Waals surface area contributed by atoms with Crippen LogP contribution in [0.1, 0.15) is 69.7 Å². The van der Waals surface area contributed by atoms with Crippen molar-refractivity contribution in [3.05, 3.63) is 34.9 Å². The molecule has 0 aliphatic heterocycles. The van der Waals surface area contributed by atoms with Gasteiger partial charge in [0.15, 0.2) is 0 Å². The number of unbranched alkanes of at least 4 members (excludes halogenated alkanes) is 2. The summed E-state index contributed by atoms with van der Waals surface area (Å²) in [6, 6.07) is 5.41. The number of ether oxygens (including phenoxy) is 1. The van der Waals surface area contributed by atoms with Crippen LogP contribution in [0, 0.1) is 25.2 Å². The Balaban J connectivity index is 3.35. The second-order valence-corrected chi connectivity index (χ2v) is 9.56. The summed E-state index contributed by atoms with van der Waals surface area (Å²) in [5, 5.41) is 15.0. The van der Waals surface area contributed by atoms with E-state index in [4.69, 9.17) is 4.74 Å². The zero-order valence-corrected chi connectivity index (χ0v) is 22.0. The van der Waals surface area contributed by atoms with Crippen molar-refractivity contribution in [3.63, 3.8) is 0 Å². The number of amides is 3. The minimum Gasteiger partial charge on any atom is -0.444 e. The first-order valence-electron chi connectivity index (χ1n) is 11.6. The van der Waals surface area contributed by atoms with E-state index in [1.165, 1.54) is 4.90 Å². The van der Waals surface area contributed by atoms with Crippen molar-refractivity contribution in [2.75, 3.05) is 18.8 Å². The number of nitrogens with one attached hydrogen (secondary N) is 2. The third kappa shape index (κ3) is 8.90. The predicted molar refractivity (Wildman–Crippen MR) is 136 cm³/mol. The van der Waals surface area contributed by atoms with Crippen LogP contribution in [0.2, 0.25) is 0 Å². The number of carbonyl (C=O) groups excluding carboxylic acids is 3. The van der Waals surface area contributed by atoms with E-state index in [1.807, 2.05) is 32.0 Å². The number of hydrogen-bond acceptors (Lipinski definition) is 6. The van der Waals surface area contributed by atoms with Gasteiger partial charge in [-0.2, -0.15) is 17.9 Å². The molecular formula is C25H38N4O4S. The van der Waals surface area contributed by atoms with E-state index in [0.717, 1.165) is 30.4 Å².